The Hall–Kier alpha value is -1.03. The molecule has 1 aliphatic rings. The number of phenols is 1. The molecular formula is C10H9BrO3. The summed E-state index contributed by atoms with van der Waals surface area (Å²) in [5.41, 5.74) is 0.0608. The topological polar surface area (TPSA) is 57.5 Å². The summed E-state index contributed by atoms with van der Waals surface area (Å²) >= 11 is 3.17. The average molecular weight is 257 g/mol. The van der Waals surface area contributed by atoms with Crippen molar-refractivity contribution in [2.75, 3.05) is 0 Å². The lowest BCUT2D eigenvalue weighted by Crippen LogP contribution is -2.19. The Morgan fingerprint density at radius 3 is 2.50 bits per heavy atom. The maximum Gasteiger partial charge on any atom is 0.314 e. The van der Waals surface area contributed by atoms with Gasteiger partial charge in [0.1, 0.15) is 5.75 Å². The van der Waals surface area contributed by atoms with Gasteiger partial charge >= 0.3 is 5.97 Å². The van der Waals surface area contributed by atoms with Crippen LogP contribution in [-0.4, -0.2) is 16.2 Å². The summed E-state index contributed by atoms with van der Waals surface area (Å²) in [5, 5.41) is 18.3. The highest BCUT2D eigenvalue weighted by molar-refractivity contribution is 9.10. The minimum absolute atomic E-state index is 0.134. The normalized spacial score (nSPS) is 17.8. The summed E-state index contributed by atoms with van der Waals surface area (Å²) < 4.78 is 0.544. The second-order valence-electron chi connectivity index (χ2n) is 3.55. The zero-order valence-corrected chi connectivity index (χ0v) is 8.91. The molecule has 0 heterocycles. The van der Waals surface area contributed by atoms with Crippen LogP contribution in [0.1, 0.15) is 18.4 Å². The van der Waals surface area contributed by atoms with Gasteiger partial charge in [-0.25, -0.2) is 0 Å². The molecule has 0 atom stereocenters. The Morgan fingerprint density at radius 1 is 1.43 bits per heavy atom. The van der Waals surface area contributed by atoms with Gasteiger partial charge in [0, 0.05) is 0 Å². The van der Waals surface area contributed by atoms with Crippen molar-refractivity contribution < 1.29 is 15.0 Å². The van der Waals surface area contributed by atoms with E-state index in [1.54, 1.807) is 12.1 Å². The van der Waals surface area contributed by atoms with Crippen LogP contribution < -0.4 is 0 Å². The van der Waals surface area contributed by atoms with Gasteiger partial charge in [-0.3, -0.25) is 4.79 Å². The van der Waals surface area contributed by atoms with Gasteiger partial charge in [-0.15, -0.1) is 0 Å². The molecule has 1 saturated carbocycles. The SMILES string of the molecule is O=C(O)C1(c2ccc(O)c(Br)c2)CC1. The van der Waals surface area contributed by atoms with Crippen molar-refractivity contribution in [2.24, 2.45) is 0 Å². The van der Waals surface area contributed by atoms with E-state index in [9.17, 15) is 9.90 Å². The van der Waals surface area contributed by atoms with E-state index in [1.807, 2.05) is 0 Å². The molecule has 1 fully saturated rings. The van der Waals surface area contributed by atoms with Crippen molar-refractivity contribution in [3.63, 3.8) is 0 Å². The predicted octanol–water partition coefficient (Wildman–Crippen LogP) is 2.27. The Bertz CT molecular complexity index is 396. The van der Waals surface area contributed by atoms with Gasteiger partial charge in [0.15, 0.2) is 0 Å². The van der Waals surface area contributed by atoms with E-state index in [0.29, 0.717) is 17.3 Å². The van der Waals surface area contributed by atoms with Gasteiger partial charge in [-0.2, -0.15) is 0 Å². The van der Waals surface area contributed by atoms with E-state index in [2.05, 4.69) is 15.9 Å². The van der Waals surface area contributed by atoms with E-state index in [0.717, 1.165) is 5.56 Å². The molecule has 0 aromatic heterocycles. The smallest absolute Gasteiger partial charge is 0.314 e. The first-order valence-electron chi connectivity index (χ1n) is 4.29. The van der Waals surface area contributed by atoms with Crippen LogP contribution in [0.4, 0.5) is 0 Å². The van der Waals surface area contributed by atoms with Gasteiger partial charge in [-0.05, 0) is 46.5 Å². The number of aromatic hydroxyl groups is 1. The summed E-state index contributed by atoms with van der Waals surface area (Å²) in [6, 6.07) is 4.86. The van der Waals surface area contributed by atoms with Crippen molar-refractivity contribution in [1.29, 1.82) is 0 Å². The van der Waals surface area contributed by atoms with Gasteiger partial charge in [0.2, 0.25) is 0 Å². The molecule has 1 aromatic carbocycles. The summed E-state index contributed by atoms with van der Waals surface area (Å²) in [4.78, 5) is 11.0. The van der Waals surface area contributed by atoms with Crippen LogP contribution in [0.2, 0.25) is 0 Å². The van der Waals surface area contributed by atoms with Crippen molar-refractivity contribution >= 4 is 21.9 Å². The monoisotopic (exact) mass is 256 g/mol. The lowest BCUT2D eigenvalue weighted by Gasteiger charge is -2.10. The molecule has 3 nitrogen and oxygen atoms in total. The first kappa shape index (κ1) is 9.52. The number of benzene rings is 1. The Morgan fingerprint density at radius 2 is 2.07 bits per heavy atom. The predicted molar refractivity (Wildman–Crippen MR) is 54.4 cm³/mol. The minimum Gasteiger partial charge on any atom is -0.507 e. The molecule has 0 bridgehead atoms. The zero-order valence-electron chi connectivity index (χ0n) is 7.33. The molecule has 0 amide bonds. The molecular weight excluding hydrogens is 248 g/mol. The highest BCUT2D eigenvalue weighted by Gasteiger charge is 2.51. The van der Waals surface area contributed by atoms with Gasteiger partial charge in [0.05, 0.1) is 9.89 Å². The number of halogens is 1. The average Bonchev–Trinajstić information content (AvgIpc) is 2.90. The number of carbonyl (C=O) groups is 1. The third kappa shape index (κ3) is 1.30. The van der Waals surface area contributed by atoms with Crippen LogP contribution in [0, 0.1) is 0 Å². The molecule has 0 aliphatic heterocycles. The van der Waals surface area contributed by atoms with E-state index in [1.165, 1.54) is 6.07 Å². The summed E-state index contributed by atoms with van der Waals surface area (Å²) in [6.07, 6.45) is 1.36. The Kier molecular flexibility index (Phi) is 2.03. The number of phenolic OH excluding ortho intramolecular Hbond substituents is 1. The zero-order chi connectivity index (χ0) is 10.3. The molecule has 0 spiro atoms. The van der Waals surface area contributed by atoms with E-state index < -0.39 is 11.4 Å². The van der Waals surface area contributed by atoms with Crippen LogP contribution in [0.15, 0.2) is 22.7 Å². The van der Waals surface area contributed by atoms with E-state index >= 15 is 0 Å². The van der Waals surface area contributed by atoms with Crippen LogP contribution in [0.3, 0.4) is 0 Å². The highest BCUT2D eigenvalue weighted by Crippen LogP contribution is 2.49. The standard InChI is InChI=1S/C10H9BrO3/c11-7-5-6(1-2-8(7)12)10(3-4-10)9(13)14/h1-2,5,12H,3-4H2,(H,13,14). The van der Waals surface area contributed by atoms with Gasteiger partial charge in [-0.1, -0.05) is 6.07 Å². The third-order valence-electron chi connectivity index (χ3n) is 2.66. The lowest BCUT2D eigenvalue weighted by molar-refractivity contribution is -0.140. The largest absolute Gasteiger partial charge is 0.507 e. The number of hydrogen-bond donors (Lipinski definition) is 2. The fraction of sp³-hybridized carbons (Fsp3) is 0.300. The molecule has 2 N–H and O–H groups in total. The van der Waals surface area contributed by atoms with Gasteiger partial charge < -0.3 is 10.2 Å². The first-order chi connectivity index (χ1) is 6.56. The second kappa shape index (κ2) is 2.98. The molecule has 0 radical (unpaired) electrons. The van der Waals surface area contributed by atoms with E-state index in [4.69, 9.17) is 5.11 Å². The fourth-order valence-electron chi connectivity index (χ4n) is 1.56. The highest BCUT2D eigenvalue weighted by atomic mass is 79.9. The summed E-state index contributed by atoms with van der Waals surface area (Å²) in [7, 11) is 0. The van der Waals surface area contributed by atoms with Crippen LogP contribution in [0.25, 0.3) is 0 Å². The molecule has 0 unspecified atom stereocenters. The molecule has 14 heavy (non-hydrogen) atoms. The van der Waals surface area contributed by atoms with Crippen molar-refractivity contribution in [2.45, 2.75) is 18.3 Å². The van der Waals surface area contributed by atoms with Crippen LogP contribution in [0.5, 0.6) is 5.75 Å². The fourth-order valence-corrected chi connectivity index (χ4v) is 1.93. The number of aliphatic carboxylic acids is 1. The van der Waals surface area contributed by atoms with Crippen molar-refractivity contribution in [1.82, 2.24) is 0 Å². The van der Waals surface area contributed by atoms with Crippen molar-refractivity contribution in [3.8, 4) is 5.75 Å². The minimum atomic E-state index is -0.782. The summed E-state index contributed by atoms with van der Waals surface area (Å²) in [5.74, 6) is -0.648. The van der Waals surface area contributed by atoms with Crippen LogP contribution in [-0.2, 0) is 10.2 Å². The van der Waals surface area contributed by atoms with Crippen molar-refractivity contribution in [3.05, 3.63) is 28.2 Å². The maximum atomic E-state index is 11.0. The van der Waals surface area contributed by atoms with E-state index in [-0.39, 0.29) is 5.75 Å². The summed E-state index contributed by atoms with van der Waals surface area (Å²) in [6.45, 7) is 0. The lowest BCUT2D eigenvalue weighted by atomic mass is 9.96. The molecule has 2 rings (SSSR count). The Balaban J connectivity index is 2.43. The van der Waals surface area contributed by atoms with Gasteiger partial charge in [0.25, 0.3) is 0 Å². The number of rotatable bonds is 2. The second-order valence-corrected chi connectivity index (χ2v) is 4.41. The maximum absolute atomic E-state index is 11.0. The molecule has 0 saturated heterocycles. The molecule has 4 heteroatoms. The number of carboxylic acids is 1. The third-order valence-corrected chi connectivity index (χ3v) is 3.29. The molecule has 1 aliphatic carbocycles. The van der Waals surface area contributed by atoms with Crippen LogP contribution >= 0.6 is 15.9 Å². The molecule has 74 valence electrons. The number of hydrogen-bond acceptors (Lipinski definition) is 2. The molecule has 1 aromatic rings. The Labute approximate surface area is 89.5 Å². The first-order valence-corrected chi connectivity index (χ1v) is 5.08. The number of carboxylic acid groups (broad SMARTS) is 1. The quantitative estimate of drug-likeness (QED) is 0.854.